The lowest BCUT2D eigenvalue weighted by Crippen LogP contribution is -2.14. The molecule has 0 aliphatic rings. The highest BCUT2D eigenvalue weighted by molar-refractivity contribution is 7.15. The fourth-order valence-electron chi connectivity index (χ4n) is 2.86. The summed E-state index contributed by atoms with van der Waals surface area (Å²) in [4.78, 5) is 30.9. The summed E-state index contributed by atoms with van der Waals surface area (Å²) >= 11 is 2.82. The summed E-state index contributed by atoms with van der Waals surface area (Å²) in [5.74, 6) is -0.457. The minimum Gasteiger partial charge on any atom is -0.321 e. The van der Waals surface area contributed by atoms with E-state index in [2.05, 4.69) is 46.8 Å². The van der Waals surface area contributed by atoms with Crippen LogP contribution in [0.1, 0.15) is 36.0 Å². The summed E-state index contributed by atoms with van der Waals surface area (Å²) in [5, 5.41) is 8.05. The number of nitrogens with one attached hydrogen (secondary N) is 2. The predicted molar refractivity (Wildman–Crippen MR) is 123 cm³/mol. The summed E-state index contributed by atoms with van der Waals surface area (Å²) in [6, 6.07) is 18.8. The van der Waals surface area contributed by atoms with Gasteiger partial charge in [-0.3, -0.25) is 14.9 Å². The van der Waals surface area contributed by atoms with Gasteiger partial charge in [-0.2, -0.15) is 0 Å². The topological polar surface area (TPSA) is 71.1 Å². The van der Waals surface area contributed by atoms with Crippen molar-refractivity contribution in [2.24, 2.45) is 0 Å². The van der Waals surface area contributed by atoms with Crippen molar-refractivity contribution < 1.29 is 9.59 Å². The summed E-state index contributed by atoms with van der Waals surface area (Å²) in [6.45, 7) is 2.06. The van der Waals surface area contributed by atoms with E-state index < -0.39 is 0 Å². The lowest BCUT2D eigenvalue weighted by Gasteiger charge is -2.06. The number of aromatic nitrogens is 1. The maximum Gasteiger partial charge on any atom is 0.265 e. The van der Waals surface area contributed by atoms with Gasteiger partial charge in [-0.05, 0) is 42.1 Å². The first-order chi connectivity index (χ1) is 14.6. The van der Waals surface area contributed by atoms with E-state index in [9.17, 15) is 9.59 Å². The largest absolute Gasteiger partial charge is 0.321 e. The highest BCUT2D eigenvalue weighted by Crippen LogP contribution is 2.22. The van der Waals surface area contributed by atoms with Crippen LogP contribution in [0.2, 0.25) is 0 Å². The third kappa shape index (κ3) is 5.00. The van der Waals surface area contributed by atoms with Crippen molar-refractivity contribution in [3.05, 3.63) is 98.7 Å². The van der Waals surface area contributed by atoms with Gasteiger partial charge < -0.3 is 5.32 Å². The first-order valence-electron chi connectivity index (χ1n) is 9.33. The zero-order valence-corrected chi connectivity index (χ0v) is 17.8. The minimum atomic E-state index is -0.265. The SMILES string of the molecule is Cc1ccc(Cc2cnc(NC(=O)c3cccc(NC(=O)c4cccs4)c3)s2)cc1. The summed E-state index contributed by atoms with van der Waals surface area (Å²) < 4.78 is 0. The van der Waals surface area contributed by atoms with E-state index in [0.29, 0.717) is 21.3 Å². The number of nitrogens with zero attached hydrogens (tertiary/aromatic N) is 1. The third-order valence-electron chi connectivity index (χ3n) is 4.40. The fourth-order valence-corrected chi connectivity index (χ4v) is 4.32. The van der Waals surface area contributed by atoms with Gasteiger partial charge in [0.15, 0.2) is 5.13 Å². The molecule has 2 amide bonds. The van der Waals surface area contributed by atoms with Gasteiger partial charge in [0.05, 0.1) is 4.88 Å². The summed E-state index contributed by atoms with van der Waals surface area (Å²) in [5.41, 5.74) is 3.45. The lowest BCUT2D eigenvalue weighted by atomic mass is 10.1. The van der Waals surface area contributed by atoms with Gasteiger partial charge in [0.25, 0.3) is 11.8 Å². The number of carbonyl (C=O) groups is 2. The van der Waals surface area contributed by atoms with Crippen LogP contribution in [0.5, 0.6) is 0 Å². The van der Waals surface area contributed by atoms with Crippen LogP contribution >= 0.6 is 22.7 Å². The van der Waals surface area contributed by atoms with E-state index >= 15 is 0 Å². The van der Waals surface area contributed by atoms with Crippen LogP contribution < -0.4 is 10.6 Å². The number of thiophene rings is 1. The fraction of sp³-hybridized carbons (Fsp3) is 0.0870. The molecule has 0 unspecified atom stereocenters. The molecule has 0 fully saturated rings. The molecule has 7 heteroatoms. The Bertz CT molecular complexity index is 1170. The van der Waals surface area contributed by atoms with E-state index in [0.717, 1.165) is 11.3 Å². The van der Waals surface area contributed by atoms with Crippen LogP contribution in [-0.4, -0.2) is 16.8 Å². The number of thiazole rings is 1. The van der Waals surface area contributed by atoms with Gasteiger partial charge in [0.1, 0.15) is 0 Å². The smallest absolute Gasteiger partial charge is 0.265 e. The lowest BCUT2D eigenvalue weighted by molar-refractivity contribution is 0.101. The van der Waals surface area contributed by atoms with Crippen LogP contribution in [0, 0.1) is 6.92 Å². The number of amides is 2. The van der Waals surface area contributed by atoms with Crippen LogP contribution in [-0.2, 0) is 6.42 Å². The van der Waals surface area contributed by atoms with Crippen molar-refractivity contribution in [2.45, 2.75) is 13.3 Å². The Labute approximate surface area is 182 Å². The average molecular weight is 434 g/mol. The van der Waals surface area contributed by atoms with Crippen LogP contribution in [0.25, 0.3) is 0 Å². The normalized spacial score (nSPS) is 10.6. The minimum absolute atomic E-state index is 0.191. The highest BCUT2D eigenvalue weighted by atomic mass is 32.1. The molecule has 4 aromatic rings. The molecule has 2 aromatic heterocycles. The van der Waals surface area contributed by atoms with Crippen molar-refractivity contribution in [1.82, 2.24) is 4.98 Å². The van der Waals surface area contributed by atoms with Crippen LogP contribution in [0.3, 0.4) is 0 Å². The number of hydrogen-bond donors (Lipinski definition) is 2. The number of hydrogen-bond acceptors (Lipinski definition) is 5. The molecule has 2 N–H and O–H groups in total. The van der Waals surface area contributed by atoms with Gasteiger partial charge >= 0.3 is 0 Å². The highest BCUT2D eigenvalue weighted by Gasteiger charge is 2.12. The van der Waals surface area contributed by atoms with E-state index in [1.807, 2.05) is 11.4 Å². The zero-order valence-electron chi connectivity index (χ0n) is 16.2. The molecule has 0 bridgehead atoms. The number of rotatable bonds is 6. The van der Waals surface area contributed by atoms with E-state index in [-0.39, 0.29) is 11.8 Å². The zero-order chi connectivity index (χ0) is 20.9. The number of carbonyl (C=O) groups excluding carboxylic acids is 2. The molecule has 0 radical (unpaired) electrons. The molecule has 30 heavy (non-hydrogen) atoms. The molecule has 0 atom stereocenters. The van der Waals surface area contributed by atoms with Gasteiger partial charge in [-0.1, -0.05) is 42.0 Å². The predicted octanol–water partition coefficient (Wildman–Crippen LogP) is 5.61. The molecule has 0 aliphatic carbocycles. The van der Waals surface area contributed by atoms with Crippen LogP contribution in [0.4, 0.5) is 10.8 Å². The molecule has 2 aromatic carbocycles. The average Bonchev–Trinajstić information content (AvgIpc) is 3.42. The van der Waals surface area contributed by atoms with Gasteiger partial charge in [-0.25, -0.2) is 4.98 Å². The van der Waals surface area contributed by atoms with Gasteiger partial charge in [0.2, 0.25) is 0 Å². The number of benzene rings is 2. The first kappa shape index (κ1) is 20.0. The number of anilines is 2. The Morgan fingerprint density at radius 3 is 2.57 bits per heavy atom. The van der Waals surface area contributed by atoms with Crippen molar-refractivity contribution in [3.8, 4) is 0 Å². The maximum atomic E-state index is 12.6. The Hall–Kier alpha value is -3.29. The second-order valence-corrected chi connectivity index (χ2v) is 8.82. The van der Waals surface area contributed by atoms with Gasteiger partial charge in [0, 0.05) is 28.7 Å². The van der Waals surface area contributed by atoms with Crippen LogP contribution in [0.15, 0.2) is 72.2 Å². The quantitative estimate of drug-likeness (QED) is 0.415. The molecule has 0 spiro atoms. The first-order valence-corrected chi connectivity index (χ1v) is 11.0. The van der Waals surface area contributed by atoms with Crippen molar-refractivity contribution in [3.63, 3.8) is 0 Å². The molecular weight excluding hydrogens is 414 g/mol. The van der Waals surface area contributed by atoms with E-state index in [1.165, 1.54) is 33.8 Å². The van der Waals surface area contributed by atoms with Crippen molar-refractivity contribution >= 4 is 45.3 Å². The van der Waals surface area contributed by atoms with Crippen molar-refractivity contribution in [2.75, 3.05) is 10.6 Å². The molecule has 5 nitrogen and oxygen atoms in total. The monoisotopic (exact) mass is 433 g/mol. The second kappa shape index (κ2) is 9.02. The summed E-state index contributed by atoms with van der Waals surface area (Å²) in [7, 11) is 0. The molecular formula is C23H19N3O2S2. The summed E-state index contributed by atoms with van der Waals surface area (Å²) in [6.07, 6.45) is 2.57. The number of aryl methyl sites for hydroxylation is 1. The maximum absolute atomic E-state index is 12.6. The Morgan fingerprint density at radius 2 is 1.80 bits per heavy atom. The van der Waals surface area contributed by atoms with Crippen molar-refractivity contribution in [1.29, 1.82) is 0 Å². The molecule has 150 valence electrons. The molecule has 0 aliphatic heterocycles. The molecule has 4 rings (SSSR count). The van der Waals surface area contributed by atoms with Gasteiger partial charge in [-0.15, -0.1) is 22.7 Å². The Morgan fingerprint density at radius 1 is 0.967 bits per heavy atom. The second-order valence-electron chi connectivity index (χ2n) is 6.76. The molecule has 0 saturated heterocycles. The standard InChI is InChI=1S/C23H19N3O2S2/c1-15-7-9-16(10-8-15)12-19-14-24-23(30-19)26-21(27)17-4-2-5-18(13-17)25-22(28)20-6-3-11-29-20/h2-11,13-14H,12H2,1H3,(H,25,28)(H,24,26,27). The molecule has 0 saturated carbocycles. The molecule has 2 heterocycles. The van der Waals surface area contributed by atoms with E-state index in [4.69, 9.17) is 0 Å². The van der Waals surface area contributed by atoms with E-state index in [1.54, 1.807) is 36.5 Å². The Kier molecular flexibility index (Phi) is 6.02. The third-order valence-corrected chi connectivity index (χ3v) is 6.18. The Balaban J connectivity index is 1.40.